The summed E-state index contributed by atoms with van der Waals surface area (Å²) in [6, 6.07) is 13.0. The highest BCUT2D eigenvalue weighted by molar-refractivity contribution is 6.31. The van der Waals surface area contributed by atoms with Gasteiger partial charge in [0.1, 0.15) is 42.9 Å². The van der Waals surface area contributed by atoms with Crippen molar-refractivity contribution in [1.29, 1.82) is 0 Å². The number of halogens is 1. The van der Waals surface area contributed by atoms with E-state index in [4.69, 9.17) is 30.9 Å². The lowest BCUT2D eigenvalue weighted by Crippen LogP contribution is -2.40. The lowest BCUT2D eigenvalue weighted by molar-refractivity contribution is -0.0820. The first kappa shape index (κ1) is 23.4. The molecule has 0 spiro atoms. The number of benzene rings is 2. The van der Waals surface area contributed by atoms with E-state index >= 15 is 0 Å². The van der Waals surface area contributed by atoms with E-state index in [2.05, 4.69) is 0 Å². The fraction of sp³-hybridized carbons (Fsp3) is 0.500. The van der Waals surface area contributed by atoms with Crippen molar-refractivity contribution in [2.45, 2.75) is 55.9 Å². The van der Waals surface area contributed by atoms with Gasteiger partial charge in [-0.1, -0.05) is 35.9 Å². The van der Waals surface area contributed by atoms with E-state index in [1.807, 2.05) is 30.3 Å². The molecule has 2 aromatic rings. The molecule has 8 heteroatoms. The van der Waals surface area contributed by atoms with E-state index in [0.717, 1.165) is 29.7 Å². The first-order valence-electron chi connectivity index (χ1n) is 10.9. The van der Waals surface area contributed by atoms with Crippen LogP contribution in [0.2, 0.25) is 5.02 Å². The maximum absolute atomic E-state index is 10.4. The minimum absolute atomic E-state index is 0.422. The van der Waals surface area contributed by atoms with E-state index in [9.17, 15) is 15.3 Å². The molecule has 0 aromatic heterocycles. The Labute approximate surface area is 192 Å². The third-order valence-corrected chi connectivity index (χ3v) is 6.18. The van der Waals surface area contributed by atoms with Crippen LogP contribution >= 0.6 is 11.6 Å². The Morgan fingerprint density at radius 2 is 1.78 bits per heavy atom. The third kappa shape index (κ3) is 5.61. The molecule has 2 aromatic carbocycles. The van der Waals surface area contributed by atoms with Gasteiger partial charge in [0.25, 0.3) is 0 Å². The Hall–Kier alpha value is -1.71. The van der Waals surface area contributed by atoms with E-state index in [1.165, 1.54) is 0 Å². The number of hydrogen-bond acceptors (Lipinski definition) is 7. The molecule has 1 saturated carbocycles. The molecule has 0 bridgehead atoms. The SMILES string of the molecule is OC[C@@H](O)[C@H]1OC(c2ccc(Cl)c(Cc3ccc(OCCOC4CC4)cc3)c2)[C@H](O)[C@H]1O. The van der Waals surface area contributed by atoms with Crippen LogP contribution in [-0.2, 0) is 15.9 Å². The monoisotopic (exact) mass is 464 g/mol. The summed E-state index contributed by atoms with van der Waals surface area (Å²) in [5, 5.41) is 40.2. The average molecular weight is 465 g/mol. The van der Waals surface area contributed by atoms with Gasteiger partial charge in [-0.3, -0.25) is 0 Å². The van der Waals surface area contributed by atoms with Crippen LogP contribution in [0.3, 0.4) is 0 Å². The Morgan fingerprint density at radius 3 is 2.47 bits per heavy atom. The molecule has 1 aliphatic heterocycles. The molecule has 4 rings (SSSR count). The van der Waals surface area contributed by atoms with E-state index in [0.29, 0.717) is 36.3 Å². The molecular formula is C24H29ClO7. The summed E-state index contributed by atoms with van der Waals surface area (Å²) in [6.07, 6.45) is -2.43. The van der Waals surface area contributed by atoms with Gasteiger partial charge in [-0.2, -0.15) is 0 Å². The first-order chi connectivity index (χ1) is 15.5. The van der Waals surface area contributed by atoms with Crippen LogP contribution in [0.15, 0.2) is 42.5 Å². The molecule has 1 heterocycles. The highest BCUT2D eigenvalue weighted by Gasteiger charge is 2.46. The number of aliphatic hydroxyl groups is 4. The van der Waals surface area contributed by atoms with Gasteiger partial charge >= 0.3 is 0 Å². The average Bonchev–Trinajstić information content (AvgIpc) is 3.58. The second kappa shape index (κ2) is 10.5. The fourth-order valence-corrected chi connectivity index (χ4v) is 4.03. The second-order valence-corrected chi connectivity index (χ2v) is 8.75. The number of rotatable bonds is 10. The summed E-state index contributed by atoms with van der Waals surface area (Å²) < 4.78 is 16.9. The Kier molecular flexibility index (Phi) is 7.68. The van der Waals surface area contributed by atoms with Crippen molar-refractivity contribution in [1.82, 2.24) is 0 Å². The van der Waals surface area contributed by atoms with Crippen molar-refractivity contribution in [3.8, 4) is 5.75 Å². The second-order valence-electron chi connectivity index (χ2n) is 8.34. The van der Waals surface area contributed by atoms with Crippen molar-refractivity contribution < 1.29 is 34.6 Å². The molecule has 32 heavy (non-hydrogen) atoms. The van der Waals surface area contributed by atoms with Crippen LogP contribution in [0.5, 0.6) is 5.75 Å². The molecule has 5 atom stereocenters. The van der Waals surface area contributed by atoms with E-state index < -0.39 is 37.1 Å². The molecule has 4 N–H and O–H groups in total. The summed E-state index contributed by atoms with van der Waals surface area (Å²) in [5.41, 5.74) is 2.51. The van der Waals surface area contributed by atoms with Crippen LogP contribution in [0.25, 0.3) is 0 Å². The van der Waals surface area contributed by atoms with Gasteiger partial charge in [0.15, 0.2) is 0 Å². The normalized spacial score (nSPS) is 26.3. The van der Waals surface area contributed by atoms with Crippen molar-refractivity contribution in [3.63, 3.8) is 0 Å². The number of hydrogen-bond donors (Lipinski definition) is 4. The fourth-order valence-electron chi connectivity index (χ4n) is 3.84. The smallest absolute Gasteiger partial charge is 0.119 e. The number of ether oxygens (including phenoxy) is 3. The molecular weight excluding hydrogens is 436 g/mol. The van der Waals surface area contributed by atoms with E-state index in [-0.39, 0.29) is 0 Å². The Morgan fingerprint density at radius 1 is 1.03 bits per heavy atom. The van der Waals surface area contributed by atoms with Crippen LogP contribution in [-0.4, -0.2) is 70.8 Å². The van der Waals surface area contributed by atoms with Gasteiger partial charge in [0, 0.05) is 5.02 Å². The van der Waals surface area contributed by atoms with Gasteiger partial charge < -0.3 is 34.6 Å². The lowest BCUT2D eigenvalue weighted by atomic mass is 9.96. The van der Waals surface area contributed by atoms with Gasteiger partial charge in [0.05, 0.1) is 19.3 Å². The highest BCUT2D eigenvalue weighted by atomic mass is 35.5. The quantitative estimate of drug-likeness (QED) is 0.398. The molecule has 1 aliphatic carbocycles. The van der Waals surface area contributed by atoms with Crippen molar-refractivity contribution in [3.05, 3.63) is 64.2 Å². The predicted octanol–water partition coefficient (Wildman–Crippen LogP) is 2.00. The lowest BCUT2D eigenvalue weighted by Gasteiger charge is -2.19. The zero-order chi connectivity index (χ0) is 22.7. The minimum atomic E-state index is -1.30. The molecule has 0 amide bonds. The molecule has 1 saturated heterocycles. The van der Waals surface area contributed by atoms with Gasteiger partial charge in [-0.05, 0) is 54.2 Å². The largest absolute Gasteiger partial charge is 0.491 e. The summed E-state index contributed by atoms with van der Waals surface area (Å²) in [6.45, 7) is 0.542. The summed E-state index contributed by atoms with van der Waals surface area (Å²) >= 11 is 6.40. The van der Waals surface area contributed by atoms with Gasteiger partial charge in [-0.15, -0.1) is 0 Å². The highest BCUT2D eigenvalue weighted by Crippen LogP contribution is 2.36. The standard InChI is InChI=1S/C24H29ClO7/c25-19-8-3-15(23-21(28)22(29)24(32-23)20(27)13-26)12-16(19)11-14-1-4-17(5-2-14)30-9-10-31-18-6-7-18/h1-5,8,12,18,20-24,26-29H,6-7,9-11,13H2/t20-,21-,22-,23?,24-/m1/s1. The molecule has 7 nitrogen and oxygen atoms in total. The maximum atomic E-state index is 10.4. The summed E-state index contributed by atoms with van der Waals surface area (Å²) in [5.74, 6) is 0.776. The molecule has 174 valence electrons. The Balaban J connectivity index is 1.39. The van der Waals surface area contributed by atoms with Crippen LogP contribution in [0.1, 0.15) is 35.6 Å². The van der Waals surface area contributed by atoms with Gasteiger partial charge in [-0.25, -0.2) is 0 Å². The zero-order valence-corrected chi connectivity index (χ0v) is 18.4. The topological polar surface area (TPSA) is 109 Å². The van der Waals surface area contributed by atoms with Crippen LogP contribution in [0.4, 0.5) is 0 Å². The number of aliphatic hydroxyl groups excluding tert-OH is 4. The predicted molar refractivity (Wildman–Crippen MR) is 118 cm³/mol. The summed E-state index contributed by atoms with van der Waals surface area (Å²) in [4.78, 5) is 0. The van der Waals surface area contributed by atoms with Crippen LogP contribution in [0, 0.1) is 0 Å². The van der Waals surface area contributed by atoms with Crippen LogP contribution < -0.4 is 4.74 Å². The molecule has 2 aliphatic rings. The minimum Gasteiger partial charge on any atom is -0.491 e. The van der Waals surface area contributed by atoms with Gasteiger partial charge in [0.2, 0.25) is 0 Å². The van der Waals surface area contributed by atoms with Crippen molar-refractivity contribution in [2.24, 2.45) is 0 Å². The molecule has 2 fully saturated rings. The van der Waals surface area contributed by atoms with Crippen molar-refractivity contribution >= 4 is 11.6 Å². The third-order valence-electron chi connectivity index (χ3n) is 5.81. The molecule has 0 radical (unpaired) electrons. The Bertz CT molecular complexity index is 886. The first-order valence-corrected chi connectivity index (χ1v) is 11.3. The maximum Gasteiger partial charge on any atom is 0.119 e. The van der Waals surface area contributed by atoms with E-state index in [1.54, 1.807) is 12.1 Å². The van der Waals surface area contributed by atoms with Crippen molar-refractivity contribution in [2.75, 3.05) is 19.8 Å². The summed E-state index contributed by atoms with van der Waals surface area (Å²) in [7, 11) is 0. The zero-order valence-electron chi connectivity index (χ0n) is 17.6. The molecule has 1 unspecified atom stereocenters.